The number of aromatic hydroxyl groups is 2. The Morgan fingerprint density at radius 1 is 1.16 bits per heavy atom. The van der Waals surface area contributed by atoms with Gasteiger partial charge in [-0.1, -0.05) is 39.9 Å². The van der Waals surface area contributed by atoms with Crippen molar-refractivity contribution >= 4 is 109 Å². The molecular weight excluding hydrogens is 860 g/mol. The summed E-state index contributed by atoms with van der Waals surface area (Å²) in [5.41, 5.74) is 5.35. The summed E-state index contributed by atoms with van der Waals surface area (Å²) in [5.74, 6) is -9.81. The number of ketones is 2. The normalized spacial score (nSPS) is 20.9. The van der Waals surface area contributed by atoms with Gasteiger partial charge in [-0.2, -0.15) is 0 Å². The van der Waals surface area contributed by atoms with E-state index in [1.165, 1.54) is 18.7 Å². The topological polar surface area (TPSA) is 312 Å². The van der Waals surface area contributed by atoms with Crippen molar-refractivity contribution in [1.29, 1.82) is 0 Å². The number of nitrogens with zero attached hydrogens (tertiary/aromatic N) is 5. The van der Waals surface area contributed by atoms with Crippen LogP contribution in [0, 0.1) is 5.92 Å². The summed E-state index contributed by atoms with van der Waals surface area (Å²) in [6.07, 6.45) is -0.935. The largest absolute Gasteiger partial charge is 0.504 e. The average molecular weight is 890 g/mol. The zero-order chi connectivity index (χ0) is 40.7. The molecule has 294 valence electrons. The van der Waals surface area contributed by atoms with E-state index in [4.69, 9.17) is 22.2 Å². The van der Waals surface area contributed by atoms with Crippen molar-refractivity contribution in [2.24, 2.45) is 11.1 Å². The van der Waals surface area contributed by atoms with Crippen molar-refractivity contribution in [1.82, 2.24) is 30.5 Å². The van der Waals surface area contributed by atoms with Crippen LogP contribution in [0.25, 0.3) is 0 Å². The number of hydrogen-bond acceptors (Lipinski definition) is 16. The number of carboxylic acid groups (broad SMARTS) is 2. The number of oxime groups is 1. The van der Waals surface area contributed by atoms with Crippen LogP contribution in [-0.2, 0) is 33.6 Å². The number of urea groups is 1. The molecule has 3 saturated heterocycles. The lowest BCUT2D eigenvalue weighted by atomic mass is 9.90. The van der Waals surface area contributed by atoms with Gasteiger partial charge in [0, 0.05) is 25.9 Å². The number of nitrogens with two attached hydrogens (primary N) is 1. The van der Waals surface area contributed by atoms with E-state index in [1.54, 1.807) is 0 Å². The molecule has 3 aliphatic rings. The number of thioether (sulfide) groups is 1. The molecule has 3 aliphatic heterocycles. The zero-order valence-electron chi connectivity index (χ0n) is 28.4. The maximum Gasteiger partial charge on any atom is 0.350 e. The van der Waals surface area contributed by atoms with Crippen LogP contribution in [0.5, 0.6) is 11.5 Å². The predicted octanol–water partition coefficient (Wildman–Crippen LogP) is 0.566. The number of halogens is 2. The summed E-state index contributed by atoms with van der Waals surface area (Å²) in [7, 11) is 0. The first kappa shape index (κ1) is 41.0. The van der Waals surface area contributed by atoms with Crippen LogP contribution in [0.4, 0.5) is 9.93 Å². The number of anilines is 1. The first-order valence-corrected chi connectivity index (χ1v) is 18.6. The van der Waals surface area contributed by atoms with Gasteiger partial charge < -0.3 is 41.2 Å². The van der Waals surface area contributed by atoms with E-state index in [1.807, 2.05) is 0 Å². The molecule has 4 heterocycles. The summed E-state index contributed by atoms with van der Waals surface area (Å²) in [4.78, 5) is 111. The first-order chi connectivity index (χ1) is 25.7. The highest BCUT2D eigenvalue weighted by molar-refractivity contribution is 9.11. The minimum atomic E-state index is -2.01. The number of hydrogen-bond donors (Lipinski definition) is 7. The highest BCUT2D eigenvalue weighted by Gasteiger charge is 2.66. The molecule has 5 rings (SSSR count). The molecule has 21 nitrogen and oxygen atoms in total. The second-order valence-corrected chi connectivity index (χ2v) is 16.7. The van der Waals surface area contributed by atoms with Gasteiger partial charge in [0.1, 0.15) is 9.48 Å². The third kappa shape index (κ3) is 7.83. The van der Waals surface area contributed by atoms with Gasteiger partial charge in [0.25, 0.3) is 11.7 Å². The highest BCUT2D eigenvalue weighted by Crippen LogP contribution is 2.53. The van der Waals surface area contributed by atoms with E-state index in [9.17, 15) is 58.8 Å². The van der Waals surface area contributed by atoms with Crippen LogP contribution in [0.1, 0.15) is 42.7 Å². The number of benzene rings is 1. The number of nitrogens with one attached hydrogen (secondary N) is 2. The lowest BCUT2D eigenvalue weighted by Crippen LogP contribution is -2.60. The molecule has 3 fully saturated rings. The van der Waals surface area contributed by atoms with E-state index >= 15 is 0 Å². The number of carboxylic acids is 2. The molecule has 25 heteroatoms. The third-order valence-electron chi connectivity index (χ3n) is 8.55. The molecule has 8 N–H and O–H groups in total. The number of carbonyl (C=O) groups is 8. The van der Waals surface area contributed by atoms with Gasteiger partial charge in [0.2, 0.25) is 22.3 Å². The van der Waals surface area contributed by atoms with Gasteiger partial charge in [0.15, 0.2) is 28.1 Å². The summed E-state index contributed by atoms with van der Waals surface area (Å²) in [6.45, 7) is 1.23. The van der Waals surface area contributed by atoms with Gasteiger partial charge in [-0.15, -0.1) is 0 Å². The van der Waals surface area contributed by atoms with Crippen molar-refractivity contribution in [3.63, 3.8) is 0 Å². The number of aromatic nitrogens is 1. The third-order valence-corrected chi connectivity index (χ3v) is 12.2. The second kappa shape index (κ2) is 15.5. The highest BCUT2D eigenvalue weighted by atomic mass is 79.9. The van der Waals surface area contributed by atoms with Gasteiger partial charge in [-0.25, -0.2) is 24.4 Å². The van der Waals surface area contributed by atoms with E-state index in [0.717, 1.165) is 45.1 Å². The Morgan fingerprint density at radius 2 is 1.85 bits per heavy atom. The smallest absolute Gasteiger partial charge is 0.350 e. The van der Waals surface area contributed by atoms with E-state index in [2.05, 4.69) is 36.8 Å². The quantitative estimate of drug-likeness (QED) is 0.0321. The molecule has 0 aliphatic carbocycles. The van der Waals surface area contributed by atoms with Crippen LogP contribution in [-0.4, -0.2) is 135 Å². The molecule has 0 radical (unpaired) electrons. The van der Waals surface area contributed by atoms with Gasteiger partial charge >= 0.3 is 18.0 Å². The minimum Gasteiger partial charge on any atom is -0.504 e. The summed E-state index contributed by atoms with van der Waals surface area (Å²) < 4.78 is 0.275. The van der Waals surface area contributed by atoms with Crippen molar-refractivity contribution in [3.05, 3.63) is 32.2 Å². The fourth-order valence-electron chi connectivity index (χ4n) is 5.54. The lowest BCUT2D eigenvalue weighted by Gasteiger charge is -2.40. The SMILES string of the molecule is CC(C)(O/N=C(\C(=O)C[C@@H]1C(=O)N2C[C@@](C(=O)O)(N3CCN(NC(=O)CCNC(=O)C(=O)c4ccc(O)c(O)c4Cl)C3=O)S[C@H]12)c1nc(N)sc1Br)C(=O)O. The van der Waals surface area contributed by atoms with Gasteiger partial charge in [-0.05, 0) is 41.9 Å². The van der Waals surface area contributed by atoms with Crippen molar-refractivity contribution in [2.75, 3.05) is 31.9 Å². The Balaban J connectivity index is 1.21. The van der Waals surface area contributed by atoms with Gasteiger partial charge in [0.05, 0.1) is 35.0 Å². The second-order valence-electron chi connectivity index (χ2n) is 12.6. The van der Waals surface area contributed by atoms with Crippen LogP contribution >= 0.6 is 50.6 Å². The molecule has 1 aromatic heterocycles. The number of Topliss-reactive ketones (excluding diaryl/α,β-unsaturated/α-hetero) is 2. The fraction of sp³-hybridized carbons (Fsp3) is 0.400. The molecule has 5 amide bonds. The number of hydrazine groups is 1. The number of aliphatic carboxylic acids is 2. The van der Waals surface area contributed by atoms with Crippen LogP contribution in [0.3, 0.4) is 0 Å². The number of carbonyl (C=O) groups excluding carboxylic acids is 6. The Kier molecular flexibility index (Phi) is 11.6. The zero-order valence-corrected chi connectivity index (χ0v) is 32.4. The maximum atomic E-state index is 13.6. The molecule has 2 aromatic rings. The molecular formula is C30H30BrClN8O13S2. The van der Waals surface area contributed by atoms with Crippen LogP contribution in [0.15, 0.2) is 21.1 Å². The van der Waals surface area contributed by atoms with Crippen molar-refractivity contribution in [3.8, 4) is 11.5 Å². The van der Waals surface area contributed by atoms with E-state index in [0.29, 0.717) is 0 Å². The molecule has 3 atom stereocenters. The fourth-order valence-corrected chi connectivity index (χ4v) is 8.81. The van der Waals surface area contributed by atoms with E-state index < -0.39 is 116 Å². The molecule has 0 bridgehead atoms. The number of rotatable bonds is 15. The Morgan fingerprint density at radius 3 is 2.47 bits per heavy atom. The average Bonchev–Trinajstić information content (AvgIpc) is 3.78. The molecule has 0 unspecified atom stereocenters. The molecule has 55 heavy (non-hydrogen) atoms. The van der Waals surface area contributed by atoms with Crippen LogP contribution in [0.2, 0.25) is 5.02 Å². The maximum absolute atomic E-state index is 13.6. The molecule has 0 spiro atoms. The Labute approximate surface area is 330 Å². The number of β-lactam (4-membered cyclic amide) rings is 1. The van der Waals surface area contributed by atoms with Gasteiger partial charge in [-0.3, -0.25) is 34.3 Å². The summed E-state index contributed by atoms with van der Waals surface area (Å²) in [5, 5.41) is 44.5. The number of thiazole rings is 1. The number of nitrogen functional groups attached to an aromatic ring is 1. The standard InChI is InChI=1S/C30H30BrClN8O13S2/c1-29(2,25(48)49)53-37-17(18-21(31)54-27(33)35-18)14(42)9-12-23(47)38-10-30(26(50)51,55-24(12)38)39-7-8-40(28(39)52)36-15(43)5-6-34-22(46)19(44)11-3-4-13(41)20(45)16(11)32/h3-4,12,24,41,45H,5-10H2,1-2H3,(H2,33,35)(H,34,46)(H,36,43)(H,48,49)(H,50,51)/b37-17+/t12-,24-,30-/m1/s1. The Hall–Kier alpha value is -5.20. The molecule has 1 aromatic carbocycles. The molecule has 0 saturated carbocycles. The van der Waals surface area contributed by atoms with Crippen molar-refractivity contribution in [2.45, 2.75) is 42.5 Å². The minimum absolute atomic E-state index is 0.0439. The summed E-state index contributed by atoms with van der Waals surface area (Å²) in [6, 6.07) is 1.07. The van der Waals surface area contributed by atoms with Crippen LogP contribution < -0.4 is 16.5 Å². The number of amides is 5. The van der Waals surface area contributed by atoms with E-state index in [-0.39, 0.29) is 34.2 Å². The summed E-state index contributed by atoms with van der Waals surface area (Å²) >= 11 is 10.8. The number of phenolic OH excluding ortho intramolecular Hbond substituents is 2. The number of fused-ring (bicyclic) bond motifs is 1. The van der Waals surface area contributed by atoms with Crippen molar-refractivity contribution < 1.29 is 63.6 Å². The predicted molar refractivity (Wildman–Crippen MR) is 194 cm³/mol. The Bertz CT molecular complexity index is 2060. The monoisotopic (exact) mass is 888 g/mol. The first-order valence-electron chi connectivity index (χ1n) is 15.8. The number of phenols is 2. The lowest BCUT2D eigenvalue weighted by molar-refractivity contribution is -0.161.